The molecule has 0 saturated carbocycles. The average molecular weight is 240 g/mol. The number of β-amino-alcohol motifs (C(OH)–C–C–N with tert-alkyl or cyclic N) is 1. The molecule has 0 amide bonds. The van der Waals surface area contributed by atoms with E-state index in [1.165, 1.54) is 0 Å². The fraction of sp³-hybridized carbons (Fsp3) is 0.700. The number of aryl methyl sites for hydroxylation is 2. The van der Waals surface area contributed by atoms with Gasteiger partial charge in [0.2, 0.25) is 5.82 Å². The van der Waals surface area contributed by atoms with Crippen LogP contribution in [-0.4, -0.2) is 39.0 Å². The second-order valence-electron chi connectivity index (χ2n) is 4.22. The number of aliphatic hydroxyl groups excluding tert-OH is 1. The monoisotopic (exact) mass is 240 g/mol. The van der Waals surface area contributed by atoms with Gasteiger partial charge in [0.05, 0.1) is 11.0 Å². The molecule has 1 fully saturated rings. The molecular weight excluding hydrogens is 224 g/mol. The highest BCUT2D eigenvalue weighted by Gasteiger charge is 2.32. The van der Waals surface area contributed by atoms with Crippen molar-refractivity contribution in [3.63, 3.8) is 0 Å². The SMILES string of the molecule is CCn1nc(C)c([N+](=O)[O-])c1N1CCC(O)C1. The third-order valence-corrected chi connectivity index (χ3v) is 3.01. The largest absolute Gasteiger partial charge is 0.391 e. The van der Waals surface area contributed by atoms with Gasteiger partial charge in [-0.1, -0.05) is 0 Å². The lowest BCUT2D eigenvalue weighted by Gasteiger charge is -2.17. The minimum absolute atomic E-state index is 0.0564. The van der Waals surface area contributed by atoms with Gasteiger partial charge in [0.1, 0.15) is 5.69 Å². The summed E-state index contributed by atoms with van der Waals surface area (Å²) in [7, 11) is 0. The van der Waals surface area contributed by atoms with E-state index < -0.39 is 11.0 Å². The normalized spacial score (nSPS) is 19.9. The average Bonchev–Trinajstić information content (AvgIpc) is 2.81. The number of anilines is 1. The molecule has 0 spiro atoms. The fourth-order valence-corrected chi connectivity index (χ4v) is 2.24. The molecule has 0 bridgehead atoms. The molecular formula is C10H16N4O3. The highest BCUT2D eigenvalue weighted by Crippen LogP contribution is 2.33. The first-order valence-corrected chi connectivity index (χ1v) is 5.69. The van der Waals surface area contributed by atoms with Gasteiger partial charge < -0.3 is 10.0 Å². The van der Waals surface area contributed by atoms with Crippen LogP contribution in [0.15, 0.2) is 0 Å². The lowest BCUT2D eigenvalue weighted by Crippen LogP contribution is -2.24. The van der Waals surface area contributed by atoms with E-state index >= 15 is 0 Å². The van der Waals surface area contributed by atoms with Gasteiger partial charge in [-0.2, -0.15) is 5.10 Å². The lowest BCUT2D eigenvalue weighted by molar-refractivity contribution is -0.384. The topological polar surface area (TPSA) is 84.4 Å². The molecule has 0 aliphatic carbocycles. The zero-order valence-corrected chi connectivity index (χ0v) is 9.96. The summed E-state index contributed by atoms with van der Waals surface area (Å²) in [5.74, 6) is 0.520. The van der Waals surface area contributed by atoms with E-state index in [9.17, 15) is 15.2 Å². The van der Waals surface area contributed by atoms with Gasteiger partial charge in [-0.3, -0.25) is 10.1 Å². The Hall–Kier alpha value is -1.63. The maximum atomic E-state index is 11.1. The Labute approximate surface area is 98.8 Å². The van der Waals surface area contributed by atoms with Crippen LogP contribution in [-0.2, 0) is 6.54 Å². The van der Waals surface area contributed by atoms with Crippen LogP contribution in [0.25, 0.3) is 0 Å². The highest BCUT2D eigenvalue weighted by molar-refractivity contribution is 5.62. The summed E-state index contributed by atoms with van der Waals surface area (Å²) in [6, 6.07) is 0. The van der Waals surface area contributed by atoms with Crippen molar-refractivity contribution in [2.75, 3.05) is 18.0 Å². The molecule has 1 saturated heterocycles. The smallest absolute Gasteiger partial charge is 0.333 e. The third-order valence-electron chi connectivity index (χ3n) is 3.01. The van der Waals surface area contributed by atoms with E-state index in [4.69, 9.17) is 0 Å². The van der Waals surface area contributed by atoms with Crippen molar-refractivity contribution in [3.8, 4) is 0 Å². The zero-order valence-electron chi connectivity index (χ0n) is 9.96. The molecule has 1 unspecified atom stereocenters. The molecule has 1 aliphatic heterocycles. The van der Waals surface area contributed by atoms with Gasteiger partial charge in [-0.05, 0) is 20.3 Å². The summed E-state index contributed by atoms with van der Waals surface area (Å²) < 4.78 is 1.63. The van der Waals surface area contributed by atoms with Crippen molar-refractivity contribution < 1.29 is 10.0 Å². The number of nitrogens with zero attached hydrogens (tertiary/aromatic N) is 4. The second kappa shape index (κ2) is 4.33. The second-order valence-corrected chi connectivity index (χ2v) is 4.22. The first kappa shape index (κ1) is 11.8. The predicted octanol–water partition coefficient (Wildman–Crippen LogP) is 0.691. The van der Waals surface area contributed by atoms with Crippen molar-refractivity contribution in [1.82, 2.24) is 9.78 Å². The summed E-state index contributed by atoms with van der Waals surface area (Å²) in [5.41, 5.74) is 0.481. The van der Waals surface area contributed by atoms with Crippen molar-refractivity contribution in [3.05, 3.63) is 15.8 Å². The fourth-order valence-electron chi connectivity index (χ4n) is 2.24. The van der Waals surface area contributed by atoms with Crippen LogP contribution in [0.5, 0.6) is 0 Å². The van der Waals surface area contributed by atoms with Gasteiger partial charge in [0, 0.05) is 19.6 Å². The molecule has 0 aromatic carbocycles. The van der Waals surface area contributed by atoms with Crippen molar-refractivity contribution in [1.29, 1.82) is 0 Å². The molecule has 17 heavy (non-hydrogen) atoms. The van der Waals surface area contributed by atoms with Gasteiger partial charge in [-0.15, -0.1) is 0 Å². The van der Waals surface area contributed by atoms with Crippen LogP contribution in [0.3, 0.4) is 0 Å². The van der Waals surface area contributed by atoms with E-state index in [-0.39, 0.29) is 5.69 Å². The quantitative estimate of drug-likeness (QED) is 0.620. The summed E-state index contributed by atoms with van der Waals surface area (Å²) in [5, 5.41) is 24.8. The summed E-state index contributed by atoms with van der Waals surface area (Å²) in [6.07, 6.45) is 0.237. The maximum Gasteiger partial charge on any atom is 0.333 e. The van der Waals surface area contributed by atoms with Crippen molar-refractivity contribution in [2.24, 2.45) is 0 Å². The summed E-state index contributed by atoms with van der Waals surface area (Å²) in [6.45, 7) is 5.18. The molecule has 7 heteroatoms. The number of hydrogen-bond acceptors (Lipinski definition) is 5. The Morgan fingerprint density at radius 3 is 2.82 bits per heavy atom. The Kier molecular flexibility index (Phi) is 3.01. The lowest BCUT2D eigenvalue weighted by atomic mass is 10.3. The maximum absolute atomic E-state index is 11.1. The predicted molar refractivity (Wildman–Crippen MR) is 62.1 cm³/mol. The molecule has 94 valence electrons. The molecule has 1 aliphatic rings. The van der Waals surface area contributed by atoms with Crippen LogP contribution in [0.4, 0.5) is 11.5 Å². The molecule has 1 atom stereocenters. The van der Waals surface area contributed by atoms with Crippen LogP contribution in [0.2, 0.25) is 0 Å². The molecule has 1 aromatic rings. The Morgan fingerprint density at radius 1 is 1.65 bits per heavy atom. The van der Waals surface area contributed by atoms with E-state index in [0.29, 0.717) is 37.6 Å². The van der Waals surface area contributed by atoms with Crippen LogP contribution >= 0.6 is 0 Å². The van der Waals surface area contributed by atoms with E-state index in [1.54, 1.807) is 11.6 Å². The Bertz CT molecular complexity index is 443. The van der Waals surface area contributed by atoms with Crippen molar-refractivity contribution >= 4 is 11.5 Å². The van der Waals surface area contributed by atoms with Crippen LogP contribution in [0, 0.1) is 17.0 Å². The number of aliphatic hydroxyl groups is 1. The number of nitro groups is 1. The minimum Gasteiger partial charge on any atom is -0.391 e. The Balaban J connectivity index is 2.46. The number of hydrogen-bond donors (Lipinski definition) is 1. The first-order valence-electron chi connectivity index (χ1n) is 5.69. The summed E-state index contributed by atoms with van der Waals surface area (Å²) in [4.78, 5) is 12.5. The first-order chi connectivity index (χ1) is 8.04. The molecule has 0 radical (unpaired) electrons. The molecule has 1 N–H and O–H groups in total. The molecule has 7 nitrogen and oxygen atoms in total. The zero-order chi connectivity index (χ0) is 12.6. The Morgan fingerprint density at radius 2 is 2.35 bits per heavy atom. The minimum atomic E-state index is -0.407. The van der Waals surface area contributed by atoms with Gasteiger partial charge >= 0.3 is 5.69 Å². The van der Waals surface area contributed by atoms with Crippen LogP contribution in [0.1, 0.15) is 19.0 Å². The van der Waals surface area contributed by atoms with E-state index in [2.05, 4.69) is 5.10 Å². The molecule has 2 rings (SSSR count). The van der Waals surface area contributed by atoms with Crippen LogP contribution < -0.4 is 4.90 Å². The summed E-state index contributed by atoms with van der Waals surface area (Å²) >= 11 is 0. The van der Waals surface area contributed by atoms with E-state index in [0.717, 1.165) is 0 Å². The number of rotatable bonds is 3. The third kappa shape index (κ3) is 1.97. The number of aromatic nitrogens is 2. The highest BCUT2D eigenvalue weighted by atomic mass is 16.6. The van der Waals surface area contributed by atoms with Gasteiger partial charge in [0.25, 0.3) is 0 Å². The molecule has 2 heterocycles. The molecule has 1 aromatic heterocycles. The van der Waals surface area contributed by atoms with Gasteiger partial charge in [-0.25, -0.2) is 4.68 Å². The standard InChI is InChI=1S/C10H16N4O3/c1-3-13-10(12-5-4-8(15)6-12)9(14(16)17)7(2)11-13/h8,15H,3-6H2,1-2H3. The van der Waals surface area contributed by atoms with E-state index in [1.807, 2.05) is 11.8 Å². The van der Waals surface area contributed by atoms with Crippen molar-refractivity contribution in [2.45, 2.75) is 32.9 Å². The van der Waals surface area contributed by atoms with Gasteiger partial charge in [0.15, 0.2) is 0 Å².